The third-order valence-electron chi connectivity index (χ3n) is 4.68. The SMILES string of the molecule is CCCC1NC(CC)C(=O)N1C1CCCCC1C. The van der Waals surface area contributed by atoms with E-state index in [1.165, 1.54) is 25.7 Å². The molecule has 1 N–H and O–H groups in total. The van der Waals surface area contributed by atoms with Crippen molar-refractivity contribution < 1.29 is 4.79 Å². The lowest BCUT2D eigenvalue weighted by molar-refractivity contribution is -0.134. The highest BCUT2D eigenvalue weighted by atomic mass is 16.2. The Bertz CT molecular complexity index is 292. The Morgan fingerprint density at radius 3 is 2.61 bits per heavy atom. The normalized spacial score (nSPS) is 37.3. The molecule has 4 atom stereocenters. The first-order valence-electron chi connectivity index (χ1n) is 7.77. The number of nitrogens with one attached hydrogen (secondary N) is 1. The molecule has 104 valence electrons. The van der Waals surface area contributed by atoms with Crippen molar-refractivity contribution in [2.24, 2.45) is 5.92 Å². The van der Waals surface area contributed by atoms with Crippen LogP contribution in [0.4, 0.5) is 0 Å². The van der Waals surface area contributed by atoms with E-state index in [-0.39, 0.29) is 12.2 Å². The number of amides is 1. The van der Waals surface area contributed by atoms with E-state index in [1.54, 1.807) is 0 Å². The van der Waals surface area contributed by atoms with Crippen LogP contribution in [0.1, 0.15) is 65.7 Å². The van der Waals surface area contributed by atoms with Gasteiger partial charge in [0, 0.05) is 6.04 Å². The van der Waals surface area contributed by atoms with E-state index in [2.05, 4.69) is 31.0 Å². The average molecular weight is 252 g/mol. The van der Waals surface area contributed by atoms with Crippen LogP contribution in [0.3, 0.4) is 0 Å². The summed E-state index contributed by atoms with van der Waals surface area (Å²) in [6.07, 6.45) is 8.53. The van der Waals surface area contributed by atoms with Gasteiger partial charge in [-0.15, -0.1) is 0 Å². The van der Waals surface area contributed by atoms with Crippen molar-refractivity contribution in [3.63, 3.8) is 0 Å². The fraction of sp³-hybridized carbons (Fsp3) is 0.933. The summed E-state index contributed by atoms with van der Waals surface area (Å²) in [7, 11) is 0. The highest BCUT2D eigenvalue weighted by Crippen LogP contribution is 2.32. The fourth-order valence-corrected chi connectivity index (χ4v) is 3.61. The number of rotatable bonds is 4. The second-order valence-electron chi connectivity index (χ2n) is 6.01. The van der Waals surface area contributed by atoms with Gasteiger partial charge in [0.1, 0.15) is 0 Å². The molecule has 18 heavy (non-hydrogen) atoms. The molecule has 0 aromatic carbocycles. The topological polar surface area (TPSA) is 32.3 Å². The van der Waals surface area contributed by atoms with Gasteiger partial charge in [0.2, 0.25) is 5.91 Å². The van der Waals surface area contributed by atoms with Crippen LogP contribution < -0.4 is 5.32 Å². The molecule has 0 spiro atoms. The van der Waals surface area contributed by atoms with Gasteiger partial charge in [-0.3, -0.25) is 10.1 Å². The molecule has 4 unspecified atom stereocenters. The maximum atomic E-state index is 12.5. The molecule has 0 aromatic heterocycles. The minimum absolute atomic E-state index is 0.0654. The summed E-state index contributed by atoms with van der Waals surface area (Å²) in [5, 5.41) is 3.54. The number of carbonyl (C=O) groups is 1. The van der Waals surface area contributed by atoms with Crippen molar-refractivity contribution in [1.82, 2.24) is 10.2 Å². The third-order valence-corrected chi connectivity index (χ3v) is 4.68. The highest BCUT2D eigenvalue weighted by molar-refractivity contribution is 5.84. The van der Waals surface area contributed by atoms with E-state index in [4.69, 9.17) is 0 Å². The Balaban J connectivity index is 2.13. The molecule has 1 aliphatic carbocycles. The van der Waals surface area contributed by atoms with Gasteiger partial charge >= 0.3 is 0 Å². The smallest absolute Gasteiger partial charge is 0.241 e. The van der Waals surface area contributed by atoms with Crippen LogP contribution in [0, 0.1) is 5.92 Å². The van der Waals surface area contributed by atoms with Gasteiger partial charge < -0.3 is 4.90 Å². The second kappa shape index (κ2) is 6.05. The summed E-state index contributed by atoms with van der Waals surface area (Å²) >= 11 is 0. The van der Waals surface area contributed by atoms with Crippen LogP contribution in [0.2, 0.25) is 0 Å². The molecule has 1 saturated carbocycles. The standard InChI is InChI=1S/C15H28N2O/c1-4-8-14-16-12(5-2)15(18)17(14)13-10-7-6-9-11(13)3/h11-14,16H,4-10H2,1-3H3. The molecule has 1 saturated heterocycles. The molecule has 0 radical (unpaired) electrons. The zero-order valence-corrected chi connectivity index (χ0v) is 12.1. The van der Waals surface area contributed by atoms with E-state index in [0.29, 0.717) is 17.9 Å². The predicted octanol–water partition coefficient (Wildman–Crippen LogP) is 2.90. The number of hydrogen-bond donors (Lipinski definition) is 1. The molecule has 3 heteroatoms. The van der Waals surface area contributed by atoms with Crippen molar-refractivity contribution in [2.45, 2.75) is 84.0 Å². The quantitative estimate of drug-likeness (QED) is 0.834. The van der Waals surface area contributed by atoms with Gasteiger partial charge in [0.05, 0.1) is 12.2 Å². The summed E-state index contributed by atoms with van der Waals surface area (Å²) in [5.74, 6) is 1.02. The lowest BCUT2D eigenvalue weighted by atomic mass is 9.84. The fourth-order valence-electron chi connectivity index (χ4n) is 3.61. The van der Waals surface area contributed by atoms with Crippen LogP contribution in [0.25, 0.3) is 0 Å². The van der Waals surface area contributed by atoms with Gasteiger partial charge in [-0.05, 0) is 31.6 Å². The maximum absolute atomic E-state index is 12.5. The molecular weight excluding hydrogens is 224 g/mol. The zero-order chi connectivity index (χ0) is 13.1. The van der Waals surface area contributed by atoms with Gasteiger partial charge in [0.15, 0.2) is 0 Å². The van der Waals surface area contributed by atoms with Crippen molar-refractivity contribution in [3.8, 4) is 0 Å². The van der Waals surface area contributed by atoms with Crippen LogP contribution in [0.5, 0.6) is 0 Å². The summed E-state index contributed by atoms with van der Waals surface area (Å²) < 4.78 is 0. The highest BCUT2D eigenvalue weighted by Gasteiger charge is 2.42. The van der Waals surface area contributed by atoms with E-state index in [0.717, 1.165) is 19.3 Å². The summed E-state index contributed by atoms with van der Waals surface area (Å²) in [6, 6.07) is 0.544. The molecule has 3 nitrogen and oxygen atoms in total. The minimum Gasteiger partial charge on any atom is -0.323 e. The lowest BCUT2D eigenvalue weighted by Crippen LogP contribution is -2.48. The average Bonchev–Trinajstić information content (AvgIpc) is 2.67. The molecule has 1 heterocycles. The van der Waals surface area contributed by atoms with E-state index in [1.807, 2.05) is 0 Å². The number of hydrogen-bond acceptors (Lipinski definition) is 2. The number of nitrogens with zero attached hydrogens (tertiary/aromatic N) is 1. The molecule has 0 bridgehead atoms. The molecule has 1 aliphatic heterocycles. The summed E-state index contributed by atoms with van der Waals surface area (Å²) in [5.41, 5.74) is 0. The summed E-state index contributed by atoms with van der Waals surface area (Å²) in [6.45, 7) is 6.62. The van der Waals surface area contributed by atoms with Crippen molar-refractivity contribution in [2.75, 3.05) is 0 Å². The van der Waals surface area contributed by atoms with Gasteiger partial charge in [-0.25, -0.2) is 0 Å². The molecular formula is C15H28N2O. The minimum atomic E-state index is 0.0654. The largest absolute Gasteiger partial charge is 0.323 e. The first-order valence-corrected chi connectivity index (χ1v) is 7.77. The van der Waals surface area contributed by atoms with E-state index < -0.39 is 0 Å². The lowest BCUT2D eigenvalue weighted by Gasteiger charge is -2.39. The van der Waals surface area contributed by atoms with Crippen LogP contribution >= 0.6 is 0 Å². The Morgan fingerprint density at radius 2 is 2.00 bits per heavy atom. The van der Waals surface area contributed by atoms with Crippen molar-refractivity contribution in [3.05, 3.63) is 0 Å². The second-order valence-corrected chi connectivity index (χ2v) is 6.01. The molecule has 1 amide bonds. The molecule has 0 aromatic rings. The molecule has 2 rings (SSSR count). The Kier molecular flexibility index (Phi) is 4.66. The maximum Gasteiger partial charge on any atom is 0.241 e. The van der Waals surface area contributed by atoms with E-state index >= 15 is 0 Å². The first kappa shape index (κ1) is 13.9. The van der Waals surface area contributed by atoms with Gasteiger partial charge in [-0.1, -0.05) is 40.0 Å². The molecule has 2 aliphatic rings. The summed E-state index contributed by atoms with van der Waals surface area (Å²) in [4.78, 5) is 14.7. The number of carbonyl (C=O) groups excluding carboxylic acids is 1. The predicted molar refractivity (Wildman–Crippen MR) is 74.2 cm³/mol. The first-order chi connectivity index (χ1) is 8.69. The Hall–Kier alpha value is -0.570. The Morgan fingerprint density at radius 1 is 1.28 bits per heavy atom. The van der Waals surface area contributed by atoms with Crippen molar-refractivity contribution >= 4 is 5.91 Å². The van der Waals surface area contributed by atoms with Crippen LogP contribution in [-0.4, -0.2) is 29.1 Å². The Labute approximate surface area is 111 Å². The zero-order valence-electron chi connectivity index (χ0n) is 12.1. The molecule has 2 fully saturated rings. The third kappa shape index (κ3) is 2.56. The monoisotopic (exact) mass is 252 g/mol. The van der Waals surface area contributed by atoms with Gasteiger partial charge in [0.25, 0.3) is 0 Å². The van der Waals surface area contributed by atoms with Crippen molar-refractivity contribution in [1.29, 1.82) is 0 Å². The van der Waals surface area contributed by atoms with E-state index in [9.17, 15) is 4.79 Å². The van der Waals surface area contributed by atoms with Crippen LogP contribution in [-0.2, 0) is 4.79 Å². The van der Waals surface area contributed by atoms with Crippen LogP contribution in [0.15, 0.2) is 0 Å². The van der Waals surface area contributed by atoms with Gasteiger partial charge in [-0.2, -0.15) is 0 Å².